The van der Waals surface area contributed by atoms with E-state index in [1.807, 2.05) is 13.8 Å². The van der Waals surface area contributed by atoms with Crippen molar-refractivity contribution in [1.82, 2.24) is 15.8 Å². The number of ether oxygens (including phenoxy) is 1. The molecule has 1 heterocycles. The third-order valence-corrected chi connectivity index (χ3v) is 5.18. The fraction of sp³-hybridized carbons (Fsp3) is 0.800. The van der Waals surface area contributed by atoms with E-state index in [4.69, 9.17) is 14.3 Å². The molecule has 0 saturated heterocycles. The van der Waals surface area contributed by atoms with Gasteiger partial charge < -0.3 is 19.9 Å². The van der Waals surface area contributed by atoms with Gasteiger partial charge in [0.1, 0.15) is 5.76 Å². The van der Waals surface area contributed by atoms with Gasteiger partial charge in [0, 0.05) is 31.8 Å². The zero-order chi connectivity index (χ0) is 18.8. The smallest absolute Gasteiger partial charge is 0.191 e. The van der Waals surface area contributed by atoms with E-state index in [2.05, 4.69) is 29.6 Å². The highest BCUT2D eigenvalue weighted by Crippen LogP contribution is 2.30. The third-order valence-electron chi connectivity index (χ3n) is 5.18. The van der Waals surface area contributed by atoms with Gasteiger partial charge in [-0.1, -0.05) is 18.0 Å². The van der Waals surface area contributed by atoms with Crippen molar-refractivity contribution in [3.8, 4) is 0 Å². The fourth-order valence-corrected chi connectivity index (χ4v) is 3.81. The lowest BCUT2D eigenvalue weighted by Gasteiger charge is -2.22. The maximum atomic E-state index is 6.00. The number of aromatic nitrogens is 1. The van der Waals surface area contributed by atoms with Crippen LogP contribution in [-0.2, 0) is 11.2 Å². The number of aliphatic imine (C=N–C) groups is 1. The summed E-state index contributed by atoms with van der Waals surface area (Å²) in [6, 6.07) is 0. The largest absolute Gasteiger partial charge is 0.378 e. The number of aryl methyl sites for hydroxylation is 2. The molecule has 0 bridgehead atoms. The van der Waals surface area contributed by atoms with Crippen molar-refractivity contribution in [2.45, 2.75) is 72.3 Å². The van der Waals surface area contributed by atoms with Crippen molar-refractivity contribution in [2.24, 2.45) is 10.9 Å². The van der Waals surface area contributed by atoms with E-state index in [9.17, 15) is 0 Å². The van der Waals surface area contributed by atoms with Crippen molar-refractivity contribution in [2.75, 3.05) is 26.2 Å². The Morgan fingerprint density at radius 2 is 2.04 bits per heavy atom. The van der Waals surface area contributed by atoms with Crippen LogP contribution < -0.4 is 10.6 Å². The SMILES string of the molecule is CCNC(=NCCC(OCC)C1CCCC1)NCCc1c(C)noc1C. The first kappa shape index (κ1) is 20.7. The highest BCUT2D eigenvalue weighted by Gasteiger charge is 2.24. The molecular formula is C20H36N4O2. The molecule has 1 aliphatic carbocycles. The zero-order valence-electron chi connectivity index (χ0n) is 16.9. The van der Waals surface area contributed by atoms with Gasteiger partial charge in [0.2, 0.25) is 0 Å². The molecule has 26 heavy (non-hydrogen) atoms. The minimum Gasteiger partial charge on any atom is -0.378 e. The van der Waals surface area contributed by atoms with Gasteiger partial charge in [0.25, 0.3) is 0 Å². The van der Waals surface area contributed by atoms with Crippen LogP contribution >= 0.6 is 0 Å². The summed E-state index contributed by atoms with van der Waals surface area (Å²) in [5.41, 5.74) is 2.16. The molecule has 0 spiro atoms. The molecule has 1 aromatic heterocycles. The maximum absolute atomic E-state index is 6.00. The standard InChI is InChI=1S/C20H36N4O2/c1-5-21-20(22-13-11-18-15(3)24-26-16(18)4)23-14-12-19(25-6-2)17-9-7-8-10-17/h17,19H,5-14H2,1-4H3,(H2,21,22,23). The molecule has 2 rings (SSSR count). The first-order valence-corrected chi connectivity index (χ1v) is 10.2. The van der Waals surface area contributed by atoms with Crippen LogP contribution in [0.5, 0.6) is 0 Å². The molecule has 1 atom stereocenters. The summed E-state index contributed by atoms with van der Waals surface area (Å²) >= 11 is 0. The number of nitrogens with zero attached hydrogens (tertiary/aromatic N) is 2. The van der Waals surface area contributed by atoms with Crippen LogP contribution in [0.15, 0.2) is 9.52 Å². The second-order valence-corrected chi connectivity index (χ2v) is 7.07. The highest BCUT2D eigenvalue weighted by molar-refractivity contribution is 5.79. The Kier molecular flexibility index (Phi) is 8.95. The van der Waals surface area contributed by atoms with Gasteiger partial charge in [-0.15, -0.1) is 0 Å². The Labute approximate surface area is 158 Å². The molecule has 1 aliphatic rings. The van der Waals surface area contributed by atoms with Crippen LogP contribution in [0, 0.1) is 19.8 Å². The summed E-state index contributed by atoms with van der Waals surface area (Å²) in [5, 5.41) is 10.8. The fourth-order valence-electron chi connectivity index (χ4n) is 3.81. The number of hydrogen-bond donors (Lipinski definition) is 2. The lowest BCUT2D eigenvalue weighted by atomic mass is 9.98. The molecule has 0 amide bonds. The van der Waals surface area contributed by atoms with Crippen LogP contribution in [0.2, 0.25) is 0 Å². The minimum atomic E-state index is 0.358. The number of guanidine groups is 1. The molecule has 1 fully saturated rings. The lowest BCUT2D eigenvalue weighted by Crippen LogP contribution is -2.38. The number of rotatable bonds is 10. The Balaban J connectivity index is 1.80. The van der Waals surface area contributed by atoms with Crippen molar-refractivity contribution in [1.29, 1.82) is 0 Å². The summed E-state index contributed by atoms with van der Waals surface area (Å²) < 4.78 is 11.2. The predicted molar refractivity (Wildman–Crippen MR) is 106 cm³/mol. The second kappa shape index (κ2) is 11.2. The van der Waals surface area contributed by atoms with Gasteiger partial charge in [-0.2, -0.15) is 0 Å². The van der Waals surface area contributed by atoms with E-state index in [0.717, 1.165) is 62.4 Å². The van der Waals surface area contributed by atoms with Gasteiger partial charge in [-0.05, 0) is 59.3 Å². The van der Waals surface area contributed by atoms with E-state index in [1.165, 1.54) is 31.2 Å². The molecule has 6 heteroatoms. The van der Waals surface area contributed by atoms with Crippen LogP contribution in [0.1, 0.15) is 63.0 Å². The third kappa shape index (κ3) is 6.31. The Bertz CT molecular complexity index is 531. The lowest BCUT2D eigenvalue weighted by molar-refractivity contribution is 0.0177. The van der Waals surface area contributed by atoms with Gasteiger partial charge in [0.15, 0.2) is 5.96 Å². The van der Waals surface area contributed by atoms with Gasteiger partial charge in [-0.25, -0.2) is 0 Å². The van der Waals surface area contributed by atoms with E-state index in [0.29, 0.717) is 6.10 Å². The Hall–Kier alpha value is -1.56. The van der Waals surface area contributed by atoms with Crippen molar-refractivity contribution in [3.63, 3.8) is 0 Å². The first-order valence-electron chi connectivity index (χ1n) is 10.2. The molecule has 1 saturated carbocycles. The van der Waals surface area contributed by atoms with Crippen LogP contribution in [-0.4, -0.2) is 43.5 Å². The quantitative estimate of drug-likeness (QED) is 0.492. The molecular weight excluding hydrogens is 328 g/mol. The van der Waals surface area contributed by atoms with E-state index in [-0.39, 0.29) is 0 Å². The Morgan fingerprint density at radius 3 is 2.65 bits per heavy atom. The summed E-state index contributed by atoms with van der Waals surface area (Å²) in [6.07, 6.45) is 7.56. The molecule has 0 radical (unpaired) electrons. The Morgan fingerprint density at radius 1 is 1.27 bits per heavy atom. The monoisotopic (exact) mass is 364 g/mol. The summed E-state index contributed by atoms with van der Waals surface area (Å²) in [6.45, 7) is 11.4. The van der Waals surface area contributed by atoms with Crippen molar-refractivity contribution < 1.29 is 9.26 Å². The molecule has 0 aromatic carbocycles. The number of hydrogen-bond acceptors (Lipinski definition) is 4. The second-order valence-electron chi connectivity index (χ2n) is 7.07. The van der Waals surface area contributed by atoms with E-state index >= 15 is 0 Å². The maximum Gasteiger partial charge on any atom is 0.191 e. The molecule has 0 aliphatic heterocycles. The molecule has 1 unspecified atom stereocenters. The average molecular weight is 365 g/mol. The highest BCUT2D eigenvalue weighted by atomic mass is 16.5. The topological polar surface area (TPSA) is 71.7 Å². The first-order chi connectivity index (χ1) is 12.7. The predicted octanol–water partition coefficient (Wildman–Crippen LogP) is 3.37. The summed E-state index contributed by atoms with van der Waals surface area (Å²) in [4.78, 5) is 4.75. The number of nitrogens with one attached hydrogen (secondary N) is 2. The van der Waals surface area contributed by atoms with Crippen LogP contribution in [0.3, 0.4) is 0 Å². The molecule has 148 valence electrons. The van der Waals surface area contributed by atoms with Crippen molar-refractivity contribution in [3.05, 3.63) is 17.0 Å². The van der Waals surface area contributed by atoms with Gasteiger partial charge in [0.05, 0.1) is 11.8 Å². The summed E-state index contributed by atoms with van der Waals surface area (Å²) in [7, 11) is 0. The molecule has 1 aromatic rings. The van der Waals surface area contributed by atoms with Crippen LogP contribution in [0.25, 0.3) is 0 Å². The minimum absolute atomic E-state index is 0.358. The molecule has 6 nitrogen and oxygen atoms in total. The average Bonchev–Trinajstić information content (AvgIpc) is 3.26. The van der Waals surface area contributed by atoms with E-state index < -0.39 is 0 Å². The van der Waals surface area contributed by atoms with E-state index in [1.54, 1.807) is 0 Å². The van der Waals surface area contributed by atoms with Gasteiger partial charge in [-0.3, -0.25) is 4.99 Å². The molecule has 2 N–H and O–H groups in total. The summed E-state index contributed by atoms with van der Waals surface area (Å²) in [5.74, 6) is 2.50. The zero-order valence-corrected chi connectivity index (χ0v) is 16.9. The van der Waals surface area contributed by atoms with Crippen LogP contribution in [0.4, 0.5) is 0 Å². The van der Waals surface area contributed by atoms with Crippen molar-refractivity contribution >= 4 is 5.96 Å². The van der Waals surface area contributed by atoms with Gasteiger partial charge >= 0.3 is 0 Å². The normalized spacial score (nSPS) is 16.8.